The normalized spacial score (nSPS) is 14.8. The summed E-state index contributed by atoms with van der Waals surface area (Å²) in [4.78, 5) is 8.67. The van der Waals surface area contributed by atoms with Crippen LogP contribution in [0.1, 0.15) is 11.3 Å². The molecule has 3 aromatic rings. The van der Waals surface area contributed by atoms with Gasteiger partial charge in [-0.05, 0) is 25.2 Å². The van der Waals surface area contributed by atoms with E-state index in [9.17, 15) is 4.39 Å². The van der Waals surface area contributed by atoms with Gasteiger partial charge in [0.05, 0.1) is 5.69 Å². The first-order valence-corrected chi connectivity index (χ1v) is 8.66. The van der Waals surface area contributed by atoms with E-state index in [4.69, 9.17) is 5.10 Å². The molecule has 0 fully saturated rings. The van der Waals surface area contributed by atoms with Gasteiger partial charge in [0.1, 0.15) is 10.7 Å². The van der Waals surface area contributed by atoms with Gasteiger partial charge in [-0.15, -0.1) is 5.10 Å². The van der Waals surface area contributed by atoms with E-state index >= 15 is 0 Å². The van der Waals surface area contributed by atoms with Gasteiger partial charge in [-0.2, -0.15) is 0 Å². The Balaban J connectivity index is 1.83. The van der Waals surface area contributed by atoms with Crippen molar-refractivity contribution in [1.82, 2.24) is 19.5 Å². The van der Waals surface area contributed by atoms with Crippen molar-refractivity contribution >= 4 is 23.2 Å². The third-order valence-electron chi connectivity index (χ3n) is 4.21. The first kappa shape index (κ1) is 15.4. The molecule has 0 radical (unpaired) electrons. The van der Waals surface area contributed by atoms with E-state index in [0.29, 0.717) is 0 Å². The summed E-state index contributed by atoms with van der Waals surface area (Å²) in [6.45, 7) is 1.90. The molecule has 1 aromatic carbocycles. The molecule has 5 nitrogen and oxygen atoms in total. The molecule has 7 heteroatoms. The van der Waals surface area contributed by atoms with Crippen LogP contribution in [0.3, 0.4) is 0 Å². The topological polar surface area (TPSA) is 45.5 Å². The van der Waals surface area contributed by atoms with E-state index in [1.807, 2.05) is 23.8 Å². The Labute approximate surface area is 143 Å². The highest BCUT2D eigenvalue weighted by Crippen LogP contribution is 2.37. The van der Waals surface area contributed by atoms with Crippen LogP contribution in [-0.4, -0.2) is 40.1 Å². The fourth-order valence-corrected chi connectivity index (χ4v) is 4.04. The summed E-state index contributed by atoms with van der Waals surface area (Å²) >= 11 is 1.48. The molecule has 0 atom stereocenters. The average molecular weight is 343 g/mol. The molecule has 4 rings (SSSR count). The van der Waals surface area contributed by atoms with E-state index in [2.05, 4.69) is 22.2 Å². The smallest absolute Gasteiger partial charge is 0.171 e. The van der Waals surface area contributed by atoms with Crippen LogP contribution in [0.4, 0.5) is 10.2 Å². The predicted octanol–water partition coefficient (Wildman–Crippen LogP) is 3.05. The van der Waals surface area contributed by atoms with Crippen molar-refractivity contribution in [1.29, 1.82) is 0 Å². The second kappa shape index (κ2) is 6.07. The largest absolute Gasteiger partial charge is 0.371 e. The Kier molecular flexibility index (Phi) is 3.90. The van der Waals surface area contributed by atoms with Crippen LogP contribution < -0.4 is 5.32 Å². The third kappa shape index (κ3) is 2.63. The third-order valence-corrected chi connectivity index (χ3v) is 5.28. The van der Waals surface area contributed by atoms with Gasteiger partial charge in [0, 0.05) is 43.2 Å². The molecular formula is C17H18FN5S. The van der Waals surface area contributed by atoms with Crippen LogP contribution in [-0.2, 0) is 13.0 Å². The molecule has 2 aromatic heterocycles. The standard InChI is InChI=1S/C17H18FN5S/c1-19-16-15(24-13-5-3-4-12(18)8-13)17-20-9-11-10-22(2)7-6-14(11)23(17)21-16/h3-5,8-9H,6-7,10H2,1-2H3,(H,19,21). The van der Waals surface area contributed by atoms with Gasteiger partial charge in [-0.3, -0.25) is 0 Å². The van der Waals surface area contributed by atoms with Crippen molar-refractivity contribution in [3.8, 4) is 0 Å². The predicted molar refractivity (Wildman–Crippen MR) is 93.1 cm³/mol. The number of hydrogen-bond acceptors (Lipinski definition) is 5. The van der Waals surface area contributed by atoms with Crippen LogP contribution in [0, 0.1) is 5.82 Å². The molecular weight excluding hydrogens is 325 g/mol. The molecule has 24 heavy (non-hydrogen) atoms. The SMILES string of the molecule is CNc1nn2c3c(cnc2c1Sc1cccc(F)c1)CN(C)CC3. The lowest BCUT2D eigenvalue weighted by molar-refractivity contribution is 0.307. The Morgan fingerprint density at radius 2 is 2.21 bits per heavy atom. The minimum absolute atomic E-state index is 0.240. The highest BCUT2D eigenvalue weighted by molar-refractivity contribution is 7.99. The summed E-state index contributed by atoms with van der Waals surface area (Å²) in [5.41, 5.74) is 3.24. The molecule has 0 unspecified atom stereocenters. The Morgan fingerprint density at radius 3 is 3.00 bits per heavy atom. The number of nitrogens with zero attached hydrogens (tertiary/aromatic N) is 4. The van der Waals surface area contributed by atoms with Crippen molar-refractivity contribution in [2.24, 2.45) is 0 Å². The Hall–Kier alpha value is -2.12. The first-order chi connectivity index (χ1) is 11.7. The van der Waals surface area contributed by atoms with Gasteiger partial charge >= 0.3 is 0 Å². The number of halogens is 1. The van der Waals surface area contributed by atoms with Gasteiger partial charge in [0.25, 0.3) is 0 Å². The summed E-state index contributed by atoms with van der Waals surface area (Å²) in [5, 5.41) is 7.84. The van der Waals surface area contributed by atoms with E-state index in [-0.39, 0.29) is 5.82 Å². The molecule has 124 valence electrons. The number of hydrogen-bond donors (Lipinski definition) is 1. The molecule has 0 saturated carbocycles. The van der Waals surface area contributed by atoms with Crippen LogP contribution in [0.2, 0.25) is 0 Å². The summed E-state index contributed by atoms with van der Waals surface area (Å²) in [6, 6.07) is 6.59. The van der Waals surface area contributed by atoms with Gasteiger partial charge in [-0.25, -0.2) is 13.9 Å². The van der Waals surface area contributed by atoms with Crippen molar-refractivity contribution in [2.75, 3.05) is 26.0 Å². The fraction of sp³-hybridized carbons (Fsp3) is 0.294. The fourth-order valence-electron chi connectivity index (χ4n) is 3.02. The van der Waals surface area contributed by atoms with E-state index in [1.165, 1.54) is 35.2 Å². The van der Waals surface area contributed by atoms with Crippen LogP contribution in [0.25, 0.3) is 5.65 Å². The van der Waals surface area contributed by atoms with Crippen LogP contribution in [0.15, 0.2) is 40.3 Å². The number of anilines is 1. The zero-order chi connectivity index (χ0) is 16.7. The number of rotatable bonds is 3. The van der Waals surface area contributed by atoms with Gasteiger partial charge in [0.15, 0.2) is 11.5 Å². The second-order valence-electron chi connectivity index (χ2n) is 5.94. The van der Waals surface area contributed by atoms with Gasteiger partial charge in [0.2, 0.25) is 0 Å². The summed E-state index contributed by atoms with van der Waals surface area (Å²) in [6.07, 6.45) is 2.89. The Morgan fingerprint density at radius 1 is 1.33 bits per heavy atom. The quantitative estimate of drug-likeness (QED) is 0.792. The monoisotopic (exact) mass is 343 g/mol. The van der Waals surface area contributed by atoms with Crippen molar-refractivity contribution in [2.45, 2.75) is 22.8 Å². The van der Waals surface area contributed by atoms with Crippen LogP contribution in [0.5, 0.6) is 0 Å². The first-order valence-electron chi connectivity index (χ1n) is 7.85. The Bertz CT molecular complexity index is 907. The number of nitrogens with one attached hydrogen (secondary N) is 1. The summed E-state index contributed by atoms with van der Waals surface area (Å²) in [7, 11) is 3.96. The molecule has 0 aliphatic carbocycles. The average Bonchev–Trinajstić information content (AvgIpc) is 2.92. The van der Waals surface area contributed by atoms with Crippen molar-refractivity contribution in [3.05, 3.63) is 47.5 Å². The number of aromatic nitrogens is 3. The summed E-state index contributed by atoms with van der Waals surface area (Å²) in [5.74, 6) is 0.528. The maximum atomic E-state index is 13.5. The molecule has 1 N–H and O–H groups in total. The number of benzene rings is 1. The van der Waals surface area contributed by atoms with Crippen molar-refractivity contribution < 1.29 is 4.39 Å². The number of likely N-dealkylation sites (N-methyl/N-ethyl adjacent to an activating group) is 1. The second-order valence-corrected chi connectivity index (χ2v) is 7.02. The summed E-state index contributed by atoms with van der Waals surface area (Å²) < 4.78 is 15.4. The highest BCUT2D eigenvalue weighted by atomic mass is 32.2. The molecule has 1 aliphatic rings. The van der Waals surface area contributed by atoms with Gasteiger partial charge in [-0.1, -0.05) is 17.8 Å². The molecule has 0 saturated heterocycles. The molecule has 0 amide bonds. The number of fused-ring (bicyclic) bond motifs is 3. The molecule has 0 spiro atoms. The van der Waals surface area contributed by atoms with E-state index in [1.54, 1.807) is 6.07 Å². The molecule has 0 bridgehead atoms. The van der Waals surface area contributed by atoms with Crippen LogP contribution >= 0.6 is 11.8 Å². The lowest BCUT2D eigenvalue weighted by Crippen LogP contribution is -2.28. The van der Waals surface area contributed by atoms with E-state index < -0.39 is 0 Å². The maximum absolute atomic E-state index is 13.5. The molecule has 3 heterocycles. The lowest BCUT2D eigenvalue weighted by Gasteiger charge is -2.24. The van der Waals surface area contributed by atoms with Gasteiger partial charge < -0.3 is 10.2 Å². The minimum Gasteiger partial charge on any atom is -0.371 e. The molecule has 1 aliphatic heterocycles. The zero-order valence-electron chi connectivity index (χ0n) is 13.6. The lowest BCUT2D eigenvalue weighted by atomic mass is 10.1. The zero-order valence-corrected chi connectivity index (χ0v) is 14.4. The van der Waals surface area contributed by atoms with Crippen molar-refractivity contribution in [3.63, 3.8) is 0 Å². The van der Waals surface area contributed by atoms with E-state index in [0.717, 1.165) is 40.8 Å². The minimum atomic E-state index is -0.240. The highest BCUT2D eigenvalue weighted by Gasteiger charge is 2.22. The maximum Gasteiger partial charge on any atom is 0.171 e.